The molecule has 1 aliphatic rings. The van der Waals surface area contributed by atoms with Gasteiger partial charge in [0.1, 0.15) is 16.5 Å². The van der Waals surface area contributed by atoms with Gasteiger partial charge in [0.05, 0.1) is 0 Å². The van der Waals surface area contributed by atoms with Gasteiger partial charge in [0.25, 0.3) is 0 Å². The first-order chi connectivity index (χ1) is 15.2. The maximum atomic E-state index is 13.1. The second kappa shape index (κ2) is 10.9. The van der Waals surface area contributed by atoms with Crippen molar-refractivity contribution in [2.75, 3.05) is 6.54 Å². The number of halogens is 1. The van der Waals surface area contributed by atoms with Gasteiger partial charge in [-0.05, 0) is 60.2 Å². The normalized spacial score (nSPS) is 14.6. The van der Waals surface area contributed by atoms with E-state index in [1.54, 1.807) is 18.2 Å². The van der Waals surface area contributed by atoms with Crippen molar-refractivity contribution in [3.05, 3.63) is 59.9 Å². The van der Waals surface area contributed by atoms with Gasteiger partial charge < -0.3 is 9.08 Å². The quantitative estimate of drug-likeness (QED) is 0.435. The predicted molar refractivity (Wildman–Crippen MR) is 122 cm³/mol. The molecule has 7 heteroatoms. The first-order valence-electron chi connectivity index (χ1n) is 11.3. The summed E-state index contributed by atoms with van der Waals surface area (Å²) in [5, 5.41) is 0. The molecule has 0 aliphatic heterocycles. The molecule has 0 bridgehead atoms. The number of benzene rings is 2. The summed E-state index contributed by atoms with van der Waals surface area (Å²) in [6.07, 6.45) is 6.46. The minimum absolute atomic E-state index is 0.118. The third-order valence-corrected chi connectivity index (χ3v) is 7.02. The molecule has 1 aliphatic carbocycles. The van der Waals surface area contributed by atoms with Gasteiger partial charge in [-0.15, -0.1) is 0 Å². The molecule has 0 unspecified atom stereocenters. The molecule has 32 heavy (non-hydrogen) atoms. The zero-order valence-electron chi connectivity index (χ0n) is 18.8. The summed E-state index contributed by atoms with van der Waals surface area (Å²) in [5.74, 6) is 0.760. The largest absolute Gasteiger partial charge is 0.379 e. The van der Waals surface area contributed by atoms with Gasteiger partial charge in [-0.2, -0.15) is 8.42 Å². The second-order valence-corrected chi connectivity index (χ2v) is 10.5. The molecule has 0 saturated heterocycles. The van der Waals surface area contributed by atoms with Crippen molar-refractivity contribution in [3.8, 4) is 5.75 Å². The van der Waals surface area contributed by atoms with Crippen molar-refractivity contribution in [3.63, 3.8) is 0 Å². The van der Waals surface area contributed by atoms with Crippen LogP contribution in [0.15, 0.2) is 53.4 Å². The maximum Gasteiger partial charge on any atom is 0.339 e. The van der Waals surface area contributed by atoms with Gasteiger partial charge in [0.15, 0.2) is 0 Å². The van der Waals surface area contributed by atoms with Crippen LogP contribution in [0.3, 0.4) is 0 Å². The van der Waals surface area contributed by atoms with E-state index in [9.17, 15) is 17.6 Å². The van der Waals surface area contributed by atoms with Crippen LogP contribution in [0, 0.1) is 17.7 Å². The average Bonchev–Trinajstić information content (AvgIpc) is 3.25. The van der Waals surface area contributed by atoms with Crippen LogP contribution >= 0.6 is 0 Å². The Bertz CT molecular complexity index is 999. The maximum absolute atomic E-state index is 13.1. The number of carbonyl (C=O) groups is 1. The molecular formula is C25H32FNO4S. The van der Waals surface area contributed by atoms with E-state index in [0.717, 1.165) is 24.1 Å². The van der Waals surface area contributed by atoms with Crippen LogP contribution in [0.25, 0.3) is 0 Å². The lowest BCUT2D eigenvalue weighted by Gasteiger charge is -2.25. The summed E-state index contributed by atoms with van der Waals surface area (Å²) in [6.45, 7) is 5.19. The monoisotopic (exact) mass is 461 g/mol. The molecular weight excluding hydrogens is 429 g/mol. The van der Waals surface area contributed by atoms with Crippen molar-refractivity contribution < 1.29 is 21.8 Å². The van der Waals surface area contributed by atoms with Crippen LogP contribution in [0.5, 0.6) is 5.75 Å². The standard InChI is InChI=1S/C25H32FNO4S/c1-19(2)17-27(25(28)15-10-20-6-3-4-7-20)18-21-8-5-9-23(16-21)31-32(29,30)24-13-11-22(26)12-14-24/h5,8-9,11-14,16,19-20H,3-4,6-7,10,15,17-18H2,1-2H3. The SMILES string of the molecule is CC(C)CN(Cc1cccc(OS(=O)(=O)c2ccc(F)cc2)c1)C(=O)CCC1CCCC1. The minimum Gasteiger partial charge on any atom is -0.379 e. The van der Waals surface area contributed by atoms with Crippen LogP contribution in [-0.2, 0) is 21.5 Å². The molecule has 0 atom stereocenters. The van der Waals surface area contributed by atoms with Gasteiger partial charge in [0, 0.05) is 19.5 Å². The summed E-state index contributed by atoms with van der Waals surface area (Å²) in [7, 11) is -4.08. The summed E-state index contributed by atoms with van der Waals surface area (Å²) in [6, 6.07) is 11.2. The van der Waals surface area contributed by atoms with Gasteiger partial charge in [-0.3, -0.25) is 4.79 Å². The Labute approximate surface area is 190 Å². The van der Waals surface area contributed by atoms with Crippen molar-refractivity contribution >= 4 is 16.0 Å². The molecule has 0 radical (unpaired) electrons. The molecule has 3 rings (SSSR count). The van der Waals surface area contributed by atoms with Crippen molar-refractivity contribution in [1.29, 1.82) is 0 Å². The van der Waals surface area contributed by atoms with E-state index in [-0.39, 0.29) is 16.6 Å². The van der Waals surface area contributed by atoms with Crippen molar-refractivity contribution in [2.45, 2.75) is 63.8 Å². The lowest BCUT2D eigenvalue weighted by Crippen LogP contribution is -2.33. The number of rotatable bonds is 10. The van der Waals surface area contributed by atoms with Crippen LogP contribution in [0.4, 0.5) is 4.39 Å². The third kappa shape index (κ3) is 7.05. The fraction of sp³-hybridized carbons (Fsp3) is 0.480. The molecule has 1 saturated carbocycles. The lowest BCUT2D eigenvalue weighted by molar-refractivity contribution is -0.132. The predicted octanol–water partition coefficient (Wildman–Crippen LogP) is 5.55. The zero-order chi connectivity index (χ0) is 23.1. The van der Waals surface area contributed by atoms with Crippen LogP contribution in [0.1, 0.15) is 57.9 Å². The Hall–Kier alpha value is -2.41. The first kappa shape index (κ1) is 24.2. The van der Waals surface area contributed by atoms with Crippen molar-refractivity contribution in [2.24, 2.45) is 11.8 Å². The molecule has 1 fully saturated rings. The number of hydrogen-bond donors (Lipinski definition) is 0. The van der Waals surface area contributed by atoms with Crippen LogP contribution < -0.4 is 4.18 Å². The highest BCUT2D eigenvalue weighted by Crippen LogP contribution is 2.29. The van der Waals surface area contributed by atoms with E-state index in [1.165, 1.54) is 37.8 Å². The van der Waals surface area contributed by atoms with Crippen LogP contribution in [-0.4, -0.2) is 25.8 Å². The van der Waals surface area contributed by atoms with E-state index in [4.69, 9.17) is 4.18 Å². The van der Waals surface area contributed by atoms with E-state index in [2.05, 4.69) is 13.8 Å². The third-order valence-electron chi connectivity index (χ3n) is 5.76. The van der Waals surface area contributed by atoms with E-state index in [1.807, 2.05) is 11.0 Å². The number of hydrogen-bond acceptors (Lipinski definition) is 4. The lowest BCUT2D eigenvalue weighted by atomic mass is 10.0. The Kier molecular flexibility index (Phi) is 8.29. The van der Waals surface area contributed by atoms with Gasteiger partial charge >= 0.3 is 10.1 Å². The van der Waals surface area contributed by atoms with Crippen LogP contribution in [0.2, 0.25) is 0 Å². The van der Waals surface area contributed by atoms with Gasteiger partial charge in [-0.25, -0.2) is 4.39 Å². The second-order valence-electron chi connectivity index (χ2n) is 9.00. The molecule has 2 aromatic rings. The number of carbonyl (C=O) groups excluding carboxylic acids is 1. The topological polar surface area (TPSA) is 63.7 Å². The van der Waals surface area contributed by atoms with Gasteiger partial charge in [-0.1, -0.05) is 51.7 Å². The molecule has 5 nitrogen and oxygen atoms in total. The fourth-order valence-corrected chi connectivity index (χ4v) is 5.09. The molecule has 1 amide bonds. The summed E-state index contributed by atoms with van der Waals surface area (Å²) < 4.78 is 43.4. The molecule has 0 spiro atoms. The Balaban J connectivity index is 1.68. The van der Waals surface area contributed by atoms with E-state index < -0.39 is 15.9 Å². The molecule has 0 heterocycles. The Morgan fingerprint density at radius 2 is 1.81 bits per heavy atom. The fourth-order valence-electron chi connectivity index (χ4n) is 4.17. The smallest absolute Gasteiger partial charge is 0.339 e. The molecule has 0 aromatic heterocycles. The zero-order valence-corrected chi connectivity index (χ0v) is 19.6. The average molecular weight is 462 g/mol. The summed E-state index contributed by atoms with van der Waals surface area (Å²) in [5.41, 5.74) is 0.798. The van der Waals surface area contributed by atoms with Gasteiger partial charge in [0.2, 0.25) is 5.91 Å². The molecule has 0 N–H and O–H groups in total. The van der Waals surface area contributed by atoms with E-state index >= 15 is 0 Å². The molecule has 2 aromatic carbocycles. The highest BCUT2D eigenvalue weighted by atomic mass is 32.2. The Morgan fingerprint density at radius 3 is 2.47 bits per heavy atom. The first-order valence-corrected chi connectivity index (χ1v) is 12.7. The molecule has 174 valence electrons. The highest BCUT2D eigenvalue weighted by Gasteiger charge is 2.21. The highest BCUT2D eigenvalue weighted by molar-refractivity contribution is 7.87. The Morgan fingerprint density at radius 1 is 1.12 bits per heavy atom. The van der Waals surface area contributed by atoms with Crippen molar-refractivity contribution in [1.82, 2.24) is 4.90 Å². The number of nitrogens with zero attached hydrogens (tertiary/aromatic N) is 1. The summed E-state index contributed by atoms with van der Waals surface area (Å²) in [4.78, 5) is 14.7. The number of amides is 1. The van der Waals surface area contributed by atoms with E-state index in [0.29, 0.717) is 31.3 Å². The minimum atomic E-state index is -4.08. The summed E-state index contributed by atoms with van der Waals surface area (Å²) >= 11 is 0.